The van der Waals surface area contributed by atoms with E-state index >= 15 is 0 Å². The van der Waals surface area contributed by atoms with E-state index in [0.29, 0.717) is 24.7 Å². The first-order valence-electron chi connectivity index (χ1n) is 7.72. The van der Waals surface area contributed by atoms with E-state index in [0.717, 1.165) is 22.1 Å². The van der Waals surface area contributed by atoms with E-state index in [1.807, 2.05) is 19.1 Å². The number of carboxylic acid groups (broad SMARTS) is 1. The van der Waals surface area contributed by atoms with Crippen LogP contribution in [0.25, 0.3) is 0 Å². The standard InChI is InChI=1S/C18H19BrClNO4/c1-3-6-25-17-9-14(19)11(7-16(17)24-2)10-21-12-4-5-13(18(22)23)15(20)8-12/h4-5,7-9,21H,3,6,10H2,1-2H3,(H,22,23). The van der Waals surface area contributed by atoms with Crippen LogP contribution in [0.4, 0.5) is 5.69 Å². The van der Waals surface area contributed by atoms with E-state index in [1.165, 1.54) is 6.07 Å². The molecule has 0 radical (unpaired) electrons. The first kappa shape index (κ1) is 19.4. The molecule has 5 nitrogen and oxygen atoms in total. The second-order valence-electron chi connectivity index (χ2n) is 5.30. The summed E-state index contributed by atoms with van der Waals surface area (Å²) in [4.78, 5) is 11.0. The van der Waals surface area contributed by atoms with Crippen LogP contribution >= 0.6 is 27.5 Å². The minimum absolute atomic E-state index is 0.0764. The maximum absolute atomic E-state index is 11.0. The fourth-order valence-electron chi connectivity index (χ4n) is 2.19. The van der Waals surface area contributed by atoms with Crippen LogP contribution in [-0.4, -0.2) is 24.8 Å². The lowest BCUT2D eigenvalue weighted by molar-refractivity contribution is 0.0697. The number of anilines is 1. The number of nitrogens with one attached hydrogen (secondary N) is 1. The predicted molar refractivity (Wildman–Crippen MR) is 102 cm³/mol. The maximum atomic E-state index is 11.0. The first-order valence-corrected chi connectivity index (χ1v) is 8.89. The number of carboxylic acids is 1. The Balaban J connectivity index is 2.15. The summed E-state index contributed by atoms with van der Waals surface area (Å²) in [5, 5.41) is 12.4. The number of ether oxygens (including phenoxy) is 2. The number of carbonyl (C=O) groups is 1. The average molecular weight is 429 g/mol. The van der Waals surface area contributed by atoms with Crippen molar-refractivity contribution in [3.05, 3.63) is 51.0 Å². The summed E-state index contributed by atoms with van der Waals surface area (Å²) in [5.41, 5.74) is 1.78. The monoisotopic (exact) mass is 427 g/mol. The molecular weight excluding hydrogens is 410 g/mol. The van der Waals surface area contributed by atoms with Crippen molar-refractivity contribution in [3.63, 3.8) is 0 Å². The van der Waals surface area contributed by atoms with Crippen LogP contribution in [0.2, 0.25) is 5.02 Å². The highest BCUT2D eigenvalue weighted by Gasteiger charge is 2.12. The molecule has 0 saturated carbocycles. The Morgan fingerprint density at radius 1 is 1.28 bits per heavy atom. The summed E-state index contributed by atoms with van der Waals surface area (Å²) in [6.07, 6.45) is 0.914. The normalized spacial score (nSPS) is 10.4. The van der Waals surface area contributed by atoms with Gasteiger partial charge in [-0.15, -0.1) is 0 Å². The van der Waals surface area contributed by atoms with Crippen LogP contribution in [0, 0.1) is 0 Å². The molecule has 0 aliphatic heterocycles. The molecule has 0 unspecified atom stereocenters. The van der Waals surface area contributed by atoms with Crippen LogP contribution in [0.1, 0.15) is 29.3 Å². The molecule has 2 aromatic rings. The van der Waals surface area contributed by atoms with Crippen LogP contribution < -0.4 is 14.8 Å². The molecule has 0 aliphatic rings. The lowest BCUT2D eigenvalue weighted by Gasteiger charge is -2.15. The minimum atomic E-state index is -1.05. The van der Waals surface area contributed by atoms with Gasteiger partial charge in [0.2, 0.25) is 0 Å². The van der Waals surface area contributed by atoms with Gasteiger partial charge in [-0.3, -0.25) is 0 Å². The Bertz CT molecular complexity index is 767. The van der Waals surface area contributed by atoms with Crippen molar-refractivity contribution >= 4 is 39.2 Å². The van der Waals surface area contributed by atoms with Gasteiger partial charge in [0, 0.05) is 16.7 Å². The fourth-order valence-corrected chi connectivity index (χ4v) is 2.92. The number of hydrogen-bond donors (Lipinski definition) is 2. The van der Waals surface area contributed by atoms with Gasteiger partial charge >= 0.3 is 5.97 Å². The second kappa shape index (κ2) is 8.97. The molecule has 2 aromatic carbocycles. The van der Waals surface area contributed by atoms with Gasteiger partial charge in [-0.05, 0) is 42.3 Å². The largest absolute Gasteiger partial charge is 0.493 e. The molecule has 0 atom stereocenters. The van der Waals surface area contributed by atoms with Gasteiger partial charge in [0.05, 0.1) is 24.3 Å². The zero-order chi connectivity index (χ0) is 18.4. The SMILES string of the molecule is CCCOc1cc(Br)c(CNc2ccc(C(=O)O)c(Cl)c2)cc1OC. The van der Waals surface area contributed by atoms with E-state index < -0.39 is 5.97 Å². The quantitative estimate of drug-likeness (QED) is 0.604. The summed E-state index contributed by atoms with van der Waals surface area (Å²) in [6, 6.07) is 8.53. The van der Waals surface area contributed by atoms with Crippen molar-refractivity contribution in [1.82, 2.24) is 0 Å². The average Bonchev–Trinajstić information content (AvgIpc) is 2.58. The van der Waals surface area contributed by atoms with Gasteiger partial charge in [0.25, 0.3) is 0 Å². The number of rotatable bonds is 8. The Morgan fingerprint density at radius 3 is 2.64 bits per heavy atom. The lowest BCUT2D eigenvalue weighted by atomic mass is 10.1. The first-order chi connectivity index (χ1) is 12.0. The highest BCUT2D eigenvalue weighted by molar-refractivity contribution is 9.10. The molecular formula is C18H19BrClNO4. The van der Waals surface area contributed by atoms with E-state index in [2.05, 4.69) is 21.2 Å². The Morgan fingerprint density at radius 2 is 2.04 bits per heavy atom. The summed E-state index contributed by atoms with van der Waals surface area (Å²) in [5.74, 6) is 0.299. The summed E-state index contributed by atoms with van der Waals surface area (Å²) in [6.45, 7) is 3.17. The Hall–Kier alpha value is -1.92. The zero-order valence-electron chi connectivity index (χ0n) is 13.9. The molecule has 2 rings (SSSR count). The van der Waals surface area contributed by atoms with Gasteiger partial charge in [-0.2, -0.15) is 0 Å². The van der Waals surface area contributed by atoms with Gasteiger partial charge in [-0.25, -0.2) is 4.79 Å². The third-order valence-corrected chi connectivity index (χ3v) is 4.53. The van der Waals surface area contributed by atoms with Crippen molar-refractivity contribution in [2.45, 2.75) is 19.9 Å². The lowest BCUT2D eigenvalue weighted by Crippen LogP contribution is -2.04. The molecule has 0 amide bonds. The third-order valence-electron chi connectivity index (χ3n) is 3.48. The van der Waals surface area contributed by atoms with E-state index in [9.17, 15) is 4.79 Å². The maximum Gasteiger partial charge on any atom is 0.337 e. The van der Waals surface area contributed by atoms with Gasteiger partial charge in [0.15, 0.2) is 11.5 Å². The zero-order valence-corrected chi connectivity index (χ0v) is 16.3. The van der Waals surface area contributed by atoms with Crippen molar-refractivity contribution in [3.8, 4) is 11.5 Å². The minimum Gasteiger partial charge on any atom is -0.493 e. The predicted octanol–water partition coefficient (Wildman–Crippen LogP) is 5.21. The van der Waals surface area contributed by atoms with Gasteiger partial charge in [0.1, 0.15) is 0 Å². The molecule has 25 heavy (non-hydrogen) atoms. The van der Waals surface area contributed by atoms with E-state index in [1.54, 1.807) is 19.2 Å². The third kappa shape index (κ3) is 5.03. The molecule has 0 heterocycles. The summed E-state index contributed by atoms with van der Waals surface area (Å²) >= 11 is 9.53. The number of methoxy groups -OCH3 is 1. The van der Waals surface area contributed by atoms with Crippen LogP contribution in [0.3, 0.4) is 0 Å². The topological polar surface area (TPSA) is 67.8 Å². The molecule has 0 bridgehead atoms. The second-order valence-corrected chi connectivity index (χ2v) is 6.56. The van der Waals surface area contributed by atoms with Crippen LogP contribution in [0.5, 0.6) is 11.5 Å². The smallest absolute Gasteiger partial charge is 0.337 e. The molecule has 0 aromatic heterocycles. The summed E-state index contributed by atoms with van der Waals surface area (Å²) < 4.78 is 12.0. The van der Waals surface area contributed by atoms with Crippen molar-refractivity contribution < 1.29 is 19.4 Å². The molecule has 0 spiro atoms. The fraction of sp³-hybridized carbons (Fsp3) is 0.278. The van der Waals surface area contributed by atoms with Gasteiger partial charge in [-0.1, -0.05) is 34.5 Å². The molecule has 0 fully saturated rings. The number of halogens is 2. The van der Waals surface area contributed by atoms with Gasteiger partial charge < -0.3 is 19.9 Å². The Labute approximate surface area is 160 Å². The number of aromatic carboxylic acids is 1. The number of benzene rings is 2. The Kier molecular flexibility index (Phi) is 6.96. The molecule has 0 aliphatic carbocycles. The van der Waals surface area contributed by atoms with Crippen molar-refractivity contribution in [2.75, 3.05) is 19.0 Å². The molecule has 7 heteroatoms. The highest BCUT2D eigenvalue weighted by atomic mass is 79.9. The molecule has 2 N–H and O–H groups in total. The van der Waals surface area contributed by atoms with Crippen molar-refractivity contribution in [2.24, 2.45) is 0 Å². The summed E-state index contributed by atoms with van der Waals surface area (Å²) in [7, 11) is 1.60. The van der Waals surface area contributed by atoms with E-state index in [4.69, 9.17) is 26.2 Å². The van der Waals surface area contributed by atoms with Crippen LogP contribution in [0.15, 0.2) is 34.8 Å². The molecule has 0 saturated heterocycles. The van der Waals surface area contributed by atoms with Crippen LogP contribution in [-0.2, 0) is 6.54 Å². The number of hydrogen-bond acceptors (Lipinski definition) is 4. The highest BCUT2D eigenvalue weighted by Crippen LogP contribution is 2.34. The van der Waals surface area contributed by atoms with Crippen molar-refractivity contribution in [1.29, 1.82) is 0 Å². The molecule has 134 valence electrons. The van der Waals surface area contributed by atoms with E-state index in [-0.39, 0.29) is 10.6 Å².